The average Bonchev–Trinajstić information content (AvgIpc) is 2.92. The molecule has 2 amide bonds. The molecule has 5 rings (SSSR count). The van der Waals surface area contributed by atoms with Gasteiger partial charge in [0.05, 0.1) is 23.2 Å². The van der Waals surface area contributed by atoms with Gasteiger partial charge in [0.1, 0.15) is 5.82 Å². The summed E-state index contributed by atoms with van der Waals surface area (Å²) in [6, 6.07) is 16.8. The minimum atomic E-state index is -0.890. The van der Waals surface area contributed by atoms with Gasteiger partial charge in [-0.3, -0.25) is 14.6 Å². The van der Waals surface area contributed by atoms with E-state index in [4.69, 9.17) is 5.73 Å². The molecule has 216 valence electrons. The van der Waals surface area contributed by atoms with Gasteiger partial charge in [0.2, 0.25) is 11.8 Å². The van der Waals surface area contributed by atoms with E-state index in [0.717, 1.165) is 36.8 Å². The Balaban J connectivity index is 1.33. The number of carbonyl (C=O) groups is 2. The van der Waals surface area contributed by atoms with E-state index < -0.39 is 17.0 Å². The number of aliphatic hydroxyl groups is 1. The van der Waals surface area contributed by atoms with Crippen molar-refractivity contribution in [2.24, 2.45) is 11.7 Å². The SMILES string of the molecule is CC(=O)N(C)[C@H]1CC[C@H](CC(=O)Nc2cnc(-c3ccc([C@]4(N)C[C@](C)(O)C4)c(F)c3)c(-c3ccccc3)c2)CC1. The number of benzene rings is 2. The smallest absolute Gasteiger partial charge is 0.224 e. The highest BCUT2D eigenvalue weighted by atomic mass is 19.1. The third-order valence-corrected chi connectivity index (χ3v) is 8.76. The highest BCUT2D eigenvalue weighted by Gasteiger charge is 2.50. The number of aromatic nitrogens is 1. The Kier molecular flexibility index (Phi) is 7.99. The highest BCUT2D eigenvalue weighted by molar-refractivity contribution is 5.93. The van der Waals surface area contributed by atoms with Gasteiger partial charge in [0.25, 0.3) is 0 Å². The van der Waals surface area contributed by atoms with Crippen LogP contribution >= 0.6 is 0 Å². The zero-order chi connectivity index (χ0) is 29.4. The van der Waals surface area contributed by atoms with Crippen LogP contribution in [0.4, 0.5) is 10.1 Å². The molecular formula is C33H39FN4O3. The fourth-order valence-corrected chi connectivity index (χ4v) is 6.63. The first kappa shape index (κ1) is 28.9. The quantitative estimate of drug-likeness (QED) is 0.349. The van der Waals surface area contributed by atoms with Gasteiger partial charge < -0.3 is 21.1 Å². The second-order valence-electron chi connectivity index (χ2n) is 12.2. The Morgan fingerprint density at radius 2 is 1.76 bits per heavy atom. The van der Waals surface area contributed by atoms with Crippen molar-refractivity contribution >= 4 is 17.5 Å². The van der Waals surface area contributed by atoms with Crippen LogP contribution in [0.3, 0.4) is 0 Å². The largest absolute Gasteiger partial charge is 0.390 e. The molecule has 1 aromatic heterocycles. The number of anilines is 1. The summed E-state index contributed by atoms with van der Waals surface area (Å²) in [6.45, 7) is 3.30. The molecule has 8 heteroatoms. The van der Waals surface area contributed by atoms with E-state index in [9.17, 15) is 14.7 Å². The van der Waals surface area contributed by atoms with Crippen molar-refractivity contribution < 1.29 is 19.1 Å². The Hall–Kier alpha value is -3.62. The van der Waals surface area contributed by atoms with Gasteiger partial charge in [-0.05, 0) is 69.1 Å². The number of hydrogen-bond acceptors (Lipinski definition) is 5. The number of hydrogen-bond donors (Lipinski definition) is 3. The minimum Gasteiger partial charge on any atom is -0.390 e. The Morgan fingerprint density at radius 3 is 2.37 bits per heavy atom. The van der Waals surface area contributed by atoms with Crippen LogP contribution in [0.1, 0.15) is 64.4 Å². The maximum absolute atomic E-state index is 15.4. The monoisotopic (exact) mass is 558 g/mol. The first-order valence-corrected chi connectivity index (χ1v) is 14.3. The molecule has 2 saturated carbocycles. The van der Waals surface area contributed by atoms with Crippen molar-refractivity contribution in [1.82, 2.24) is 9.88 Å². The van der Waals surface area contributed by atoms with Gasteiger partial charge in [0.15, 0.2) is 0 Å². The molecular weight excluding hydrogens is 519 g/mol. The first-order chi connectivity index (χ1) is 19.4. The van der Waals surface area contributed by atoms with Crippen LogP contribution in [0.15, 0.2) is 60.8 Å². The van der Waals surface area contributed by atoms with Crippen LogP contribution in [0.25, 0.3) is 22.4 Å². The molecule has 0 spiro atoms. The molecule has 1 heterocycles. The van der Waals surface area contributed by atoms with Gasteiger partial charge in [-0.1, -0.05) is 42.5 Å². The molecule has 2 aliphatic rings. The molecule has 0 aliphatic heterocycles. The lowest BCUT2D eigenvalue weighted by Crippen LogP contribution is -2.58. The van der Waals surface area contributed by atoms with Crippen molar-refractivity contribution in [2.45, 2.75) is 76.0 Å². The van der Waals surface area contributed by atoms with E-state index in [-0.39, 0.29) is 23.8 Å². The number of nitrogens with one attached hydrogen (secondary N) is 1. The number of pyridine rings is 1. The molecule has 0 atom stereocenters. The van der Waals surface area contributed by atoms with Crippen molar-refractivity contribution in [3.05, 3.63) is 72.2 Å². The van der Waals surface area contributed by atoms with E-state index in [1.165, 1.54) is 6.07 Å². The molecule has 2 aliphatic carbocycles. The van der Waals surface area contributed by atoms with Gasteiger partial charge in [-0.15, -0.1) is 0 Å². The Bertz CT molecular complexity index is 1430. The van der Waals surface area contributed by atoms with Gasteiger partial charge in [-0.25, -0.2) is 4.39 Å². The number of carbonyl (C=O) groups excluding carboxylic acids is 2. The lowest BCUT2D eigenvalue weighted by molar-refractivity contribution is -0.130. The summed E-state index contributed by atoms with van der Waals surface area (Å²) in [5.74, 6) is -0.144. The number of halogens is 1. The predicted octanol–water partition coefficient (Wildman–Crippen LogP) is 5.62. The third kappa shape index (κ3) is 6.34. The molecule has 0 unspecified atom stereocenters. The van der Waals surface area contributed by atoms with Gasteiger partial charge >= 0.3 is 0 Å². The van der Waals surface area contributed by atoms with Gasteiger partial charge in [0, 0.05) is 48.7 Å². The molecule has 3 aromatic rings. The van der Waals surface area contributed by atoms with Crippen molar-refractivity contribution in [3.8, 4) is 22.4 Å². The minimum absolute atomic E-state index is 0.0676. The number of nitrogens with two attached hydrogens (primary N) is 1. The van der Waals surface area contributed by atoms with Crippen LogP contribution in [0.2, 0.25) is 0 Å². The molecule has 0 bridgehead atoms. The maximum atomic E-state index is 15.4. The van der Waals surface area contributed by atoms with Crippen LogP contribution in [0.5, 0.6) is 0 Å². The molecule has 2 aromatic carbocycles. The number of rotatable bonds is 7. The molecule has 4 N–H and O–H groups in total. The van der Waals surface area contributed by atoms with E-state index in [0.29, 0.717) is 41.8 Å². The van der Waals surface area contributed by atoms with Crippen LogP contribution < -0.4 is 11.1 Å². The molecule has 41 heavy (non-hydrogen) atoms. The molecule has 7 nitrogen and oxygen atoms in total. The van der Waals surface area contributed by atoms with E-state index in [1.807, 2.05) is 49.5 Å². The van der Waals surface area contributed by atoms with Gasteiger partial charge in [-0.2, -0.15) is 0 Å². The van der Waals surface area contributed by atoms with Crippen molar-refractivity contribution in [2.75, 3.05) is 12.4 Å². The summed E-state index contributed by atoms with van der Waals surface area (Å²) in [4.78, 5) is 31.1. The molecule has 2 fully saturated rings. The second kappa shape index (κ2) is 11.3. The molecule has 0 radical (unpaired) electrons. The summed E-state index contributed by atoms with van der Waals surface area (Å²) < 4.78 is 15.4. The van der Waals surface area contributed by atoms with E-state index >= 15 is 4.39 Å². The van der Waals surface area contributed by atoms with Crippen LogP contribution in [-0.4, -0.2) is 45.5 Å². The first-order valence-electron chi connectivity index (χ1n) is 14.3. The Morgan fingerprint density at radius 1 is 1.07 bits per heavy atom. The fraction of sp³-hybridized carbons (Fsp3) is 0.424. The molecule has 0 saturated heterocycles. The topological polar surface area (TPSA) is 109 Å². The van der Waals surface area contributed by atoms with Crippen molar-refractivity contribution in [1.29, 1.82) is 0 Å². The van der Waals surface area contributed by atoms with Crippen molar-refractivity contribution in [3.63, 3.8) is 0 Å². The zero-order valence-electron chi connectivity index (χ0n) is 24.0. The number of nitrogens with zero attached hydrogens (tertiary/aromatic N) is 2. The summed E-state index contributed by atoms with van der Waals surface area (Å²) in [5.41, 5.74) is 8.47. The maximum Gasteiger partial charge on any atom is 0.224 e. The van der Waals surface area contributed by atoms with Crippen LogP contribution in [0, 0.1) is 11.7 Å². The zero-order valence-corrected chi connectivity index (χ0v) is 24.0. The fourth-order valence-electron chi connectivity index (χ4n) is 6.63. The Labute approximate surface area is 241 Å². The summed E-state index contributed by atoms with van der Waals surface area (Å²) in [5, 5.41) is 13.2. The van der Waals surface area contributed by atoms with E-state index in [1.54, 1.807) is 31.0 Å². The summed E-state index contributed by atoms with van der Waals surface area (Å²) in [6.07, 6.45) is 6.25. The summed E-state index contributed by atoms with van der Waals surface area (Å²) >= 11 is 0. The summed E-state index contributed by atoms with van der Waals surface area (Å²) in [7, 11) is 1.85. The second-order valence-corrected chi connectivity index (χ2v) is 12.2. The van der Waals surface area contributed by atoms with E-state index in [2.05, 4.69) is 10.3 Å². The highest BCUT2D eigenvalue weighted by Crippen LogP contribution is 2.47. The lowest BCUT2D eigenvalue weighted by atomic mass is 9.63. The lowest BCUT2D eigenvalue weighted by Gasteiger charge is -2.49. The standard InChI is InChI=1S/C33H39FN4O3/c1-21(39)38(3)26-12-9-22(10-13-26)15-30(40)37-25-17-27(23-7-5-4-6-8-23)31(36-18-25)24-11-14-28(29(34)16-24)33(35)19-32(2,41)20-33/h4-8,11,14,16-18,22,26,41H,9-10,12-13,15,19-20,35H2,1-3H3,(H,37,40)/t22-,26-,32-,33-. The third-order valence-electron chi connectivity index (χ3n) is 8.76. The van der Waals surface area contributed by atoms with Crippen LogP contribution in [-0.2, 0) is 15.1 Å². The average molecular weight is 559 g/mol. The number of amides is 2. The predicted molar refractivity (Wildman–Crippen MR) is 158 cm³/mol. The normalized spacial score (nSPS) is 25.7.